The summed E-state index contributed by atoms with van der Waals surface area (Å²) in [5.74, 6) is 0.649. The Morgan fingerprint density at radius 2 is 2.00 bits per heavy atom. The molecular weight excluding hydrogens is 391 g/mol. The Bertz CT molecular complexity index is 912. The van der Waals surface area contributed by atoms with E-state index in [2.05, 4.69) is 4.99 Å². The highest BCUT2D eigenvalue weighted by Gasteiger charge is 2.29. The second kappa shape index (κ2) is 8.16. The first kappa shape index (κ1) is 18.8. The van der Waals surface area contributed by atoms with Crippen molar-refractivity contribution in [2.45, 2.75) is 6.61 Å². The molecule has 1 aliphatic rings. The lowest BCUT2D eigenvalue weighted by Crippen LogP contribution is -2.23. The number of likely N-dealkylation sites (N-methyl/N-ethyl adjacent to an activating group) is 1. The minimum atomic E-state index is -0.0577. The van der Waals surface area contributed by atoms with E-state index in [0.717, 1.165) is 11.1 Å². The summed E-state index contributed by atoms with van der Waals surface area (Å²) in [6.45, 7) is 0.375. The maximum Gasteiger partial charge on any atom is 0.266 e. The molecule has 0 unspecified atom stereocenters. The van der Waals surface area contributed by atoms with E-state index in [1.54, 1.807) is 31.1 Å². The Balaban J connectivity index is 1.73. The molecule has 2 aromatic rings. The summed E-state index contributed by atoms with van der Waals surface area (Å²) in [6.07, 6.45) is 1.84. The van der Waals surface area contributed by atoms with Crippen LogP contribution < -0.4 is 4.74 Å². The molecule has 0 spiro atoms. The zero-order chi connectivity index (χ0) is 18.7. The van der Waals surface area contributed by atoms with E-state index < -0.39 is 0 Å². The summed E-state index contributed by atoms with van der Waals surface area (Å²) in [4.78, 5) is 18.5. The lowest BCUT2D eigenvalue weighted by molar-refractivity contribution is -0.121. The van der Waals surface area contributed by atoms with Gasteiger partial charge in [-0.05, 0) is 53.2 Å². The van der Waals surface area contributed by atoms with Crippen LogP contribution in [0.4, 0.5) is 0 Å². The first-order valence-electron chi connectivity index (χ1n) is 7.79. The highest BCUT2D eigenvalue weighted by molar-refractivity contribution is 8.18. The van der Waals surface area contributed by atoms with Crippen molar-refractivity contribution < 1.29 is 9.53 Å². The van der Waals surface area contributed by atoms with E-state index in [-0.39, 0.29) is 5.91 Å². The molecule has 1 saturated heterocycles. The number of amides is 1. The van der Waals surface area contributed by atoms with Crippen LogP contribution in [-0.2, 0) is 11.4 Å². The molecule has 0 radical (unpaired) electrons. The average molecular weight is 407 g/mol. The third-order valence-electron chi connectivity index (χ3n) is 3.74. The fraction of sp³-hybridized carbons (Fsp3) is 0.158. The molecule has 1 fully saturated rings. The first-order chi connectivity index (χ1) is 12.5. The number of rotatable bonds is 4. The van der Waals surface area contributed by atoms with Gasteiger partial charge in [0.1, 0.15) is 12.4 Å². The monoisotopic (exact) mass is 406 g/mol. The van der Waals surface area contributed by atoms with Crippen LogP contribution in [0.5, 0.6) is 5.75 Å². The Morgan fingerprint density at radius 3 is 2.69 bits per heavy atom. The highest BCUT2D eigenvalue weighted by Crippen LogP contribution is 2.31. The third-order valence-corrected chi connectivity index (χ3v) is 5.63. The topological polar surface area (TPSA) is 41.9 Å². The van der Waals surface area contributed by atoms with Gasteiger partial charge < -0.3 is 4.74 Å². The van der Waals surface area contributed by atoms with Crippen molar-refractivity contribution in [2.24, 2.45) is 4.99 Å². The molecule has 0 N–H and O–H groups in total. The standard InChI is InChI=1S/C19H16Cl2N2O2S/c1-22-19-23(2)18(24)17(26-19)10-12-4-3-5-14(8-12)25-11-13-6-7-15(20)16(21)9-13/h3-10H,11H2,1-2H3/b17-10-,22-19?. The minimum absolute atomic E-state index is 0.0577. The molecular formula is C19H16Cl2N2O2S. The molecule has 7 heteroatoms. The summed E-state index contributed by atoms with van der Waals surface area (Å²) in [5, 5.41) is 1.71. The van der Waals surface area contributed by atoms with Gasteiger partial charge in [-0.3, -0.25) is 14.7 Å². The zero-order valence-electron chi connectivity index (χ0n) is 14.2. The Morgan fingerprint density at radius 1 is 1.19 bits per heavy atom. The van der Waals surface area contributed by atoms with Crippen LogP contribution in [0.1, 0.15) is 11.1 Å². The SMILES string of the molecule is CN=C1S/C(=C\c2cccc(OCc3ccc(Cl)c(Cl)c3)c2)C(=O)N1C. The summed E-state index contributed by atoms with van der Waals surface area (Å²) < 4.78 is 5.83. The number of carbonyl (C=O) groups excluding carboxylic acids is 1. The summed E-state index contributed by atoms with van der Waals surface area (Å²) in [5.41, 5.74) is 1.81. The summed E-state index contributed by atoms with van der Waals surface area (Å²) in [6, 6.07) is 13.0. The van der Waals surface area contributed by atoms with Crippen LogP contribution in [0.3, 0.4) is 0 Å². The molecule has 0 atom stereocenters. The fourth-order valence-electron chi connectivity index (χ4n) is 2.39. The van der Waals surface area contributed by atoms with E-state index in [4.69, 9.17) is 27.9 Å². The number of benzene rings is 2. The van der Waals surface area contributed by atoms with Crippen molar-refractivity contribution in [1.29, 1.82) is 0 Å². The van der Waals surface area contributed by atoms with Crippen LogP contribution in [0.25, 0.3) is 6.08 Å². The lowest BCUT2D eigenvalue weighted by Gasteiger charge is -2.08. The van der Waals surface area contributed by atoms with Gasteiger partial charge in [-0.1, -0.05) is 41.4 Å². The quantitative estimate of drug-likeness (QED) is 0.662. The van der Waals surface area contributed by atoms with Crippen molar-refractivity contribution in [3.05, 3.63) is 68.5 Å². The number of amidine groups is 1. The second-order valence-corrected chi connectivity index (χ2v) is 7.41. The number of ether oxygens (including phenoxy) is 1. The van der Waals surface area contributed by atoms with Gasteiger partial charge in [0.15, 0.2) is 5.17 Å². The maximum absolute atomic E-state index is 12.2. The molecule has 1 amide bonds. The number of aliphatic imine (C=N–C) groups is 1. The van der Waals surface area contributed by atoms with Crippen LogP contribution in [-0.4, -0.2) is 30.1 Å². The van der Waals surface area contributed by atoms with E-state index in [1.165, 1.54) is 11.8 Å². The van der Waals surface area contributed by atoms with E-state index in [9.17, 15) is 4.79 Å². The molecule has 3 rings (SSSR count). The maximum atomic E-state index is 12.2. The second-order valence-electron chi connectivity index (χ2n) is 5.59. The van der Waals surface area contributed by atoms with Gasteiger partial charge in [-0.15, -0.1) is 0 Å². The predicted octanol–water partition coefficient (Wildman–Crippen LogP) is 5.10. The van der Waals surface area contributed by atoms with Gasteiger partial charge in [-0.2, -0.15) is 0 Å². The minimum Gasteiger partial charge on any atom is -0.489 e. The van der Waals surface area contributed by atoms with E-state index in [1.807, 2.05) is 36.4 Å². The molecule has 0 aliphatic carbocycles. The number of hydrogen-bond donors (Lipinski definition) is 0. The molecule has 2 aromatic carbocycles. The average Bonchev–Trinajstić information content (AvgIpc) is 2.91. The van der Waals surface area contributed by atoms with Gasteiger partial charge in [0, 0.05) is 14.1 Å². The predicted molar refractivity (Wildman–Crippen MR) is 109 cm³/mol. The largest absolute Gasteiger partial charge is 0.489 e. The van der Waals surface area contributed by atoms with E-state index >= 15 is 0 Å². The van der Waals surface area contributed by atoms with E-state index in [0.29, 0.717) is 32.5 Å². The van der Waals surface area contributed by atoms with Gasteiger partial charge in [-0.25, -0.2) is 0 Å². The van der Waals surface area contributed by atoms with Crippen LogP contribution >= 0.6 is 35.0 Å². The molecule has 4 nitrogen and oxygen atoms in total. The van der Waals surface area contributed by atoms with Crippen LogP contribution in [0.15, 0.2) is 52.4 Å². The molecule has 1 aliphatic heterocycles. The molecule has 26 heavy (non-hydrogen) atoms. The van der Waals surface area contributed by atoms with Crippen molar-refractivity contribution in [1.82, 2.24) is 4.90 Å². The third kappa shape index (κ3) is 4.23. The van der Waals surface area contributed by atoms with Crippen LogP contribution in [0.2, 0.25) is 10.0 Å². The first-order valence-corrected chi connectivity index (χ1v) is 9.36. The molecule has 0 bridgehead atoms. The Labute approximate surface area is 166 Å². The Hall–Kier alpha value is -1.95. The van der Waals surface area contributed by atoms with Crippen molar-refractivity contribution in [3.8, 4) is 5.75 Å². The van der Waals surface area contributed by atoms with Crippen molar-refractivity contribution in [3.63, 3.8) is 0 Å². The highest BCUT2D eigenvalue weighted by atomic mass is 35.5. The number of hydrogen-bond acceptors (Lipinski definition) is 4. The van der Waals surface area contributed by atoms with Gasteiger partial charge in [0.05, 0.1) is 15.0 Å². The number of nitrogens with zero attached hydrogens (tertiary/aromatic N) is 2. The number of thioether (sulfide) groups is 1. The molecule has 0 saturated carbocycles. The Kier molecular flexibility index (Phi) is 5.91. The lowest BCUT2D eigenvalue weighted by atomic mass is 10.2. The van der Waals surface area contributed by atoms with Gasteiger partial charge in [0.2, 0.25) is 0 Å². The van der Waals surface area contributed by atoms with Gasteiger partial charge in [0.25, 0.3) is 5.91 Å². The van der Waals surface area contributed by atoms with Crippen molar-refractivity contribution in [2.75, 3.05) is 14.1 Å². The summed E-state index contributed by atoms with van der Waals surface area (Å²) in [7, 11) is 3.39. The fourth-order valence-corrected chi connectivity index (χ4v) is 3.64. The molecule has 134 valence electrons. The zero-order valence-corrected chi connectivity index (χ0v) is 16.5. The van der Waals surface area contributed by atoms with Crippen LogP contribution in [0, 0.1) is 0 Å². The summed E-state index contributed by atoms with van der Waals surface area (Å²) >= 11 is 13.3. The molecule has 1 heterocycles. The molecule has 0 aromatic heterocycles. The number of carbonyl (C=O) groups is 1. The van der Waals surface area contributed by atoms with Crippen molar-refractivity contribution >= 4 is 52.1 Å². The normalized spacial score (nSPS) is 17.4. The smallest absolute Gasteiger partial charge is 0.266 e. The van der Waals surface area contributed by atoms with Gasteiger partial charge >= 0.3 is 0 Å². The number of halogens is 2.